The maximum Gasteiger partial charge on any atom is 0.163 e. The van der Waals surface area contributed by atoms with E-state index < -0.39 is 0 Å². The van der Waals surface area contributed by atoms with Gasteiger partial charge in [-0.1, -0.05) is 32.0 Å². The Morgan fingerprint density at radius 2 is 1.70 bits per heavy atom. The number of anilines is 2. The van der Waals surface area contributed by atoms with E-state index >= 15 is 0 Å². The summed E-state index contributed by atoms with van der Waals surface area (Å²) in [6.45, 7) is 8.43. The molecule has 0 bridgehead atoms. The van der Waals surface area contributed by atoms with Gasteiger partial charge in [-0.25, -0.2) is 0 Å². The first-order chi connectivity index (χ1) is 12.7. The number of carbonyl (C=O) groups is 1. The van der Waals surface area contributed by atoms with Crippen molar-refractivity contribution < 1.29 is 9.90 Å². The van der Waals surface area contributed by atoms with Gasteiger partial charge in [0.05, 0.1) is 17.4 Å². The second kappa shape index (κ2) is 6.15. The molecule has 1 unspecified atom stereocenters. The Bertz CT molecular complexity index is 972. The van der Waals surface area contributed by atoms with Crippen LogP contribution in [0.3, 0.4) is 0 Å². The minimum absolute atomic E-state index is 0.0869. The number of para-hydroxylation sites is 1. The van der Waals surface area contributed by atoms with Gasteiger partial charge in [0.25, 0.3) is 0 Å². The first kappa shape index (κ1) is 17.7. The number of aromatic hydroxyl groups is 1. The number of nitrogens with one attached hydrogen (secondary N) is 2. The van der Waals surface area contributed by atoms with Crippen LogP contribution in [0.25, 0.3) is 0 Å². The number of phenolic OH excluding ortho intramolecular Hbond substituents is 1. The summed E-state index contributed by atoms with van der Waals surface area (Å²) in [5.41, 5.74) is 6.65. The molecule has 27 heavy (non-hydrogen) atoms. The number of fused-ring (bicyclic) bond motifs is 1. The number of Topliss-reactive ketones (excluding diaryl/α,β-unsaturated/α-hetero) is 1. The van der Waals surface area contributed by atoms with Crippen LogP contribution in [0.1, 0.15) is 49.4 Å². The molecule has 1 heterocycles. The molecule has 0 amide bonds. The molecule has 0 saturated carbocycles. The molecular weight excluding hydrogens is 336 g/mol. The topological polar surface area (TPSA) is 61.4 Å². The van der Waals surface area contributed by atoms with Crippen molar-refractivity contribution in [1.82, 2.24) is 0 Å². The SMILES string of the molecule is Cc1cc2c(cc1C)NC(c1ccccc1O)C1=C(CC(C)(C)CC1=O)N2. The monoisotopic (exact) mass is 362 g/mol. The summed E-state index contributed by atoms with van der Waals surface area (Å²) in [6, 6.07) is 11.1. The molecule has 3 N–H and O–H groups in total. The number of rotatable bonds is 1. The summed E-state index contributed by atoms with van der Waals surface area (Å²) < 4.78 is 0. The van der Waals surface area contributed by atoms with Crippen LogP contribution in [0.4, 0.5) is 11.4 Å². The summed E-state index contributed by atoms with van der Waals surface area (Å²) in [7, 11) is 0. The van der Waals surface area contributed by atoms with Gasteiger partial charge in [-0.05, 0) is 55.0 Å². The van der Waals surface area contributed by atoms with Crippen molar-refractivity contribution in [3.63, 3.8) is 0 Å². The average molecular weight is 362 g/mol. The maximum absolute atomic E-state index is 13.2. The highest BCUT2D eigenvalue weighted by molar-refractivity contribution is 6.01. The van der Waals surface area contributed by atoms with Gasteiger partial charge < -0.3 is 15.7 Å². The van der Waals surface area contributed by atoms with Crippen molar-refractivity contribution in [2.75, 3.05) is 10.6 Å². The molecule has 0 spiro atoms. The third-order valence-corrected chi connectivity index (χ3v) is 5.68. The van der Waals surface area contributed by atoms with E-state index in [1.165, 1.54) is 11.1 Å². The van der Waals surface area contributed by atoms with Gasteiger partial charge in [-0.15, -0.1) is 0 Å². The van der Waals surface area contributed by atoms with E-state index in [1.54, 1.807) is 12.1 Å². The van der Waals surface area contributed by atoms with Crippen LogP contribution in [0.15, 0.2) is 47.7 Å². The fraction of sp³-hybridized carbons (Fsp3) is 0.348. The molecule has 0 radical (unpaired) electrons. The summed E-state index contributed by atoms with van der Waals surface area (Å²) in [5, 5.41) is 17.6. The molecule has 1 atom stereocenters. The number of hydrogen-bond acceptors (Lipinski definition) is 4. The van der Waals surface area contributed by atoms with E-state index in [2.05, 4.69) is 50.5 Å². The van der Waals surface area contributed by atoms with Crippen LogP contribution in [0, 0.1) is 19.3 Å². The summed E-state index contributed by atoms with van der Waals surface area (Å²) >= 11 is 0. The molecule has 4 nitrogen and oxygen atoms in total. The molecule has 0 fully saturated rings. The fourth-order valence-corrected chi connectivity index (χ4v) is 4.18. The largest absolute Gasteiger partial charge is 0.508 e. The van der Waals surface area contributed by atoms with Crippen LogP contribution in [0.5, 0.6) is 5.75 Å². The average Bonchev–Trinajstić information content (AvgIpc) is 2.71. The van der Waals surface area contributed by atoms with Gasteiger partial charge in [0, 0.05) is 23.3 Å². The van der Waals surface area contributed by atoms with Crippen LogP contribution in [-0.2, 0) is 4.79 Å². The molecule has 1 aliphatic heterocycles. The number of allylic oxidation sites excluding steroid dienone is 1. The number of carbonyl (C=O) groups excluding carboxylic acids is 1. The number of hydrogen-bond donors (Lipinski definition) is 3. The highest BCUT2D eigenvalue weighted by Crippen LogP contribution is 2.47. The van der Waals surface area contributed by atoms with E-state index in [1.807, 2.05) is 12.1 Å². The van der Waals surface area contributed by atoms with Crippen molar-refractivity contribution in [3.8, 4) is 5.75 Å². The highest BCUT2D eigenvalue weighted by atomic mass is 16.3. The van der Waals surface area contributed by atoms with Crippen LogP contribution in [0.2, 0.25) is 0 Å². The Kier molecular flexibility index (Phi) is 4.02. The zero-order valence-corrected chi connectivity index (χ0v) is 16.3. The van der Waals surface area contributed by atoms with Crippen LogP contribution >= 0.6 is 0 Å². The molecular formula is C23H26N2O2. The molecule has 4 rings (SSSR count). The lowest BCUT2D eigenvalue weighted by molar-refractivity contribution is -0.118. The van der Waals surface area contributed by atoms with E-state index in [4.69, 9.17) is 0 Å². The van der Waals surface area contributed by atoms with Crippen LogP contribution in [-0.4, -0.2) is 10.9 Å². The predicted octanol–water partition coefficient (Wildman–Crippen LogP) is 5.23. The predicted molar refractivity (Wildman–Crippen MR) is 109 cm³/mol. The first-order valence-corrected chi connectivity index (χ1v) is 9.44. The second-order valence-corrected chi connectivity index (χ2v) is 8.58. The Morgan fingerprint density at radius 3 is 2.41 bits per heavy atom. The van der Waals surface area contributed by atoms with Crippen molar-refractivity contribution in [1.29, 1.82) is 0 Å². The van der Waals surface area contributed by atoms with Gasteiger partial charge in [-0.2, -0.15) is 0 Å². The molecule has 2 aliphatic rings. The molecule has 140 valence electrons. The minimum Gasteiger partial charge on any atom is -0.508 e. The third-order valence-electron chi connectivity index (χ3n) is 5.68. The lowest BCUT2D eigenvalue weighted by Gasteiger charge is -2.34. The summed E-state index contributed by atoms with van der Waals surface area (Å²) in [4.78, 5) is 13.2. The van der Waals surface area contributed by atoms with Crippen molar-refractivity contribution in [2.45, 2.75) is 46.6 Å². The minimum atomic E-state index is -0.374. The molecule has 2 aromatic rings. The van der Waals surface area contributed by atoms with E-state index in [9.17, 15) is 9.90 Å². The number of benzene rings is 2. The van der Waals surface area contributed by atoms with E-state index in [-0.39, 0.29) is 23.0 Å². The van der Waals surface area contributed by atoms with Gasteiger partial charge >= 0.3 is 0 Å². The molecule has 0 aromatic heterocycles. The Hall–Kier alpha value is -2.75. The van der Waals surface area contributed by atoms with Crippen molar-refractivity contribution in [2.24, 2.45) is 5.41 Å². The highest BCUT2D eigenvalue weighted by Gasteiger charge is 2.39. The summed E-state index contributed by atoms with van der Waals surface area (Å²) in [6.07, 6.45) is 1.31. The first-order valence-electron chi connectivity index (χ1n) is 9.44. The van der Waals surface area contributed by atoms with Crippen LogP contribution < -0.4 is 10.6 Å². The van der Waals surface area contributed by atoms with Crippen molar-refractivity contribution >= 4 is 17.2 Å². The van der Waals surface area contributed by atoms with Gasteiger partial charge in [0.2, 0.25) is 0 Å². The standard InChI is InChI=1S/C23H26N2O2/c1-13-9-16-17(10-14(13)2)25-22(15-7-5-6-8-19(15)26)21-18(24-16)11-23(3,4)12-20(21)27/h5-10,22,24-26H,11-12H2,1-4H3. The second-order valence-electron chi connectivity index (χ2n) is 8.58. The molecule has 2 aromatic carbocycles. The zero-order valence-electron chi connectivity index (χ0n) is 16.3. The van der Waals surface area contributed by atoms with Gasteiger partial charge in [0.1, 0.15) is 5.75 Å². The number of ketones is 1. The van der Waals surface area contributed by atoms with E-state index in [0.29, 0.717) is 6.42 Å². The quantitative estimate of drug-likeness (QED) is 0.650. The number of aryl methyl sites for hydroxylation is 2. The Labute approximate surface area is 160 Å². The van der Waals surface area contributed by atoms with Gasteiger partial charge in [0.15, 0.2) is 5.78 Å². The molecule has 0 saturated heterocycles. The zero-order chi connectivity index (χ0) is 19.3. The lowest BCUT2D eigenvalue weighted by Crippen LogP contribution is -2.31. The maximum atomic E-state index is 13.2. The van der Waals surface area contributed by atoms with Gasteiger partial charge in [-0.3, -0.25) is 4.79 Å². The molecule has 1 aliphatic carbocycles. The van der Waals surface area contributed by atoms with E-state index in [0.717, 1.165) is 34.6 Å². The number of phenols is 1. The third kappa shape index (κ3) is 3.09. The van der Waals surface area contributed by atoms with Crippen molar-refractivity contribution in [3.05, 3.63) is 64.4 Å². The molecule has 4 heteroatoms. The summed E-state index contributed by atoms with van der Waals surface area (Å²) in [5.74, 6) is 0.336. The Balaban J connectivity index is 1.93. The smallest absolute Gasteiger partial charge is 0.163 e. The lowest BCUT2D eigenvalue weighted by atomic mass is 9.73. The fourth-order valence-electron chi connectivity index (χ4n) is 4.18. The normalized spacial score (nSPS) is 20.9. The Morgan fingerprint density at radius 1 is 1.04 bits per heavy atom.